The van der Waals surface area contributed by atoms with E-state index < -0.39 is 10.0 Å². The molecule has 1 amide bonds. The van der Waals surface area contributed by atoms with E-state index in [1.54, 1.807) is 29.2 Å². The zero-order chi connectivity index (χ0) is 19.7. The molecule has 0 bridgehead atoms. The molecule has 0 atom stereocenters. The number of nitrogens with zero attached hydrogens (tertiary/aromatic N) is 4. The van der Waals surface area contributed by atoms with Crippen LogP contribution in [-0.2, 0) is 10.0 Å². The van der Waals surface area contributed by atoms with Crippen LogP contribution < -0.4 is 0 Å². The van der Waals surface area contributed by atoms with Gasteiger partial charge in [-0.1, -0.05) is 23.8 Å². The monoisotopic (exact) mass is 416 g/mol. The first-order valence-corrected chi connectivity index (χ1v) is 11.2. The van der Waals surface area contributed by atoms with E-state index in [4.69, 9.17) is 0 Å². The molecule has 9 heteroatoms. The largest absolute Gasteiger partial charge is 0.337 e. The lowest BCUT2D eigenvalue weighted by Gasteiger charge is -2.22. The Morgan fingerprint density at radius 1 is 1.04 bits per heavy atom. The van der Waals surface area contributed by atoms with Crippen molar-refractivity contribution >= 4 is 38.7 Å². The normalized spacial score (nSPS) is 16.2. The van der Waals surface area contributed by atoms with Gasteiger partial charge in [-0.05, 0) is 37.6 Å². The molecule has 0 aliphatic carbocycles. The molecule has 4 rings (SSSR count). The number of fused-ring (bicyclic) bond motifs is 1. The van der Waals surface area contributed by atoms with Crippen molar-refractivity contribution in [1.29, 1.82) is 0 Å². The summed E-state index contributed by atoms with van der Waals surface area (Å²) in [5.41, 5.74) is 2.64. The Balaban J connectivity index is 1.55. The molecular formula is C19H20N4O3S2. The average Bonchev–Trinajstić information content (AvgIpc) is 3.02. The van der Waals surface area contributed by atoms with Crippen LogP contribution in [0.1, 0.15) is 22.3 Å². The minimum Gasteiger partial charge on any atom is -0.337 e. The Bertz CT molecular complexity index is 1130. The number of hydrogen-bond donors (Lipinski definition) is 0. The van der Waals surface area contributed by atoms with E-state index in [1.165, 1.54) is 4.31 Å². The van der Waals surface area contributed by atoms with E-state index in [0.29, 0.717) is 42.7 Å². The molecule has 0 saturated carbocycles. The summed E-state index contributed by atoms with van der Waals surface area (Å²) in [5, 5.41) is 0. The summed E-state index contributed by atoms with van der Waals surface area (Å²) in [6.45, 7) is 3.46. The number of benzene rings is 2. The fourth-order valence-corrected chi connectivity index (χ4v) is 5.65. The third-order valence-electron chi connectivity index (χ3n) is 4.87. The van der Waals surface area contributed by atoms with Crippen molar-refractivity contribution in [3.8, 4) is 0 Å². The second kappa shape index (κ2) is 7.57. The number of amides is 1. The summed E-state index contributed by atoms with van der Waals surface area (Å²) in [7, 11) is -3.70. The van der Waals surface area contributed by atoms with Gasteiger partial charge in [-0.2, -0.15) is 13.1 Å². The van der Waals surface area contributed by atoms with Gasteiger partial charge in [-0.3, -0.25) is 4.79 Å². The Morgan fingerprint density at radius 2 is 1.86 bits per heavy atom. The van der Waals surface area contributed by atoms with Crippen LogP contribution in [0.2, 0.25) is 0 Å². The first-order valence-electron chi connectivity index (χ1n) is 9.04. The quantitative estimate of drug-likeness (QED) is 0.655. The first-order chi connectivity index (χ1) is 13.5. The predicted molar refractivity (Wildman–Crippen MR) is 108 cm³/mol. The number of sulfonamides is 1. The van der Waals surface area contributed by atoms with Crippen LogP contribution in [0.3, 0.4) is 0 Å². The molecule has 0 N–H and O–H groups in total. The van der Waals surface area contributed by atoms with Gasteiger partial charge in [-0.15, -0.1) is 0 Å². The Labute approximate surface area is 168 Å². The fourth-order valence-electron chi connectivity index (χ4n) is 3.43. The van der Waals surface area contributed by atoms with E-state index >= 15 is 0 Å². The van der Waals surface area contributed by atoms with E-state index in [-0.39, 0.29) is 17.3 Å². The van der Waals surface area contributed by atoms with Crippen LogP contribution in [0.15, 0.2) is 47.4 Å². The average molecular weight is 417 g/mol. The lowest BCUT2D eigenvalue weighted by molar-refractivity contribution is 0.0764. The van der Waals surface area contributed by atoms with Gasteiger partial charge in [-0.25, -0.2) is 8.42 Å². The highest BCUT2D eigenvalue weighted by atomic mass is 32.2. The molecule has 28 heavy (non-hydrogen) atoms. The number of rotatable bonds is 3. The molecule has 1 aromatic heterocycles. The molecule has 0 unspecified atom stereocenters. The summed E-state index contributed by atoms with van der Waals surface area (Å²) in [4.78, 5) is 14.7. The summed E-state index contributed by atoms with van der Waals surface area (Å²) in [6, 6.07) is 12.5. The number of carbonyl (C=O) groups is 1. The van der Waals surface area contributed by atoms with Gasteiger partial charge in [0.1, 0.15) is 15.9 Å². The topological polar surface area (TPSA) is 83.5 Å². The summed E-state index contributed by atoms with van der Waals surface area (Å²) >= 11 is 1.00. The number of aryl methyl sites for hydroxylation is 1. The highest BCUT2D eigenvalue weighted by Gasteiger charge is 2.30. The molecule has 7 nitrogen and oxygen atoms in total. The zero-order valence-corrected chi connectivity index (χ0v) is 17.0. The third kappa shape index (κ3) is 3.52. The lowest BCUT2D eigenvalue weighted by atomic mass is 10.1. The van der Waals surface area contributed by atoms with Crippen LogP contribution in [0.4, 0.5) is 0 Å². The van der Waals surface area contributed by atoms with Gasteiger partial charge in [0.2, 0.25) is 10.0 Å². The molecular weight excluding hydrogens is 396 g/mol. The predicted octanol–water partition coefficient (Wildman–Crippen LogP) is 2.54. The molecule has 2 aromatic carbocycles. The van der Waals surface area contributed by atoms with Crippen molar-refractivity contribution in [3.05, 3.63) is 53.6 Å². The highest BCUT2D eigenvalue weighted by molar-refractivity contribution is 7.89. The van der Waals surface area contributed by atoms with Crippen LogP contribution in [0, 0.1) is 6.92 Å². The van der Waals surface area contributed by atoms with Gasteiger partial charge >= 0.3 is 0 Å². The second-order valence-corrected chi connectivity index (χ2v) is 9.24. The maximum absolute atomic E-state index is 13.2. The van der Waals surface area contributed by atoms with Gasteiger partial charge in [0.15, 0.2) is 0 Å². The number of hydrogen-bond acceptors (Lipinski definition) is 6. The van der Waals surface area contributed by atoms with Crippen molar-refractivity contribution in [2.24, 2.45) is 0 Å². The SMILES string of the molecule is Cc1cccc(C(=O)N2CCCN(S(=O)(=O)c3cccc4nsnc34)CC2)c1. The molecule has 3 aromatic rings. The van der Waals surface area contributed by atoms with E-state index in [1.807, 2.05) is 25.1 Å². The van der Waals surface area contributed by atoms with Crippen LogP contribution in [0.25, 0.3) is 11.0 Å². The number of carbonyl (C=O) groups excluding carboxylic acids is 1. The molecule has 0 spiro atoms. The van der Waals surface area contributed by atoms with Crippen molar-refractivity contribution in [3.63, 3.8) is 0 Å². The lowest BCUT2D eigenvalue weighted by Crippen LogP contribution is -2.37. The molecule has 1 aliphatic rings. The van der Waals surface area contributed by atoms with Gasteiger partial charge in [0.25, 0.3) is 5.91 Å². The van der Waals surface area contributed by atoms with Gasteiger partial charge < -0.3 is 4.90 Å². The Morgan fingerprint density at radius 3 is 2.68 bits per heavy atom. The maximum atomic E-state index is 13.2. The summed E-state index contributed by atoms with van der Waals surface area (Å²) in [5.74, 6) is -0.0613. The zero-order valence-electron chi connectivity index (χ0n) is 15.4. The van der Waals surface area contributed by atoms with Crippen LogP contribution in [-0.4, -0.2) is 58.5 Å². The second-order valence-electron chi connectivity index (χ2n) is 6.81. The smallest absolute Gasteiger partial charge is 0.253 e. The fraction of sp³-hybridized carbons (Fsp3) is 0.316. The molecule has 1 aliphatic heterocycles. The summed E-state index contributed by atoms with van der Waals surface area (Å²) in [6.07, 6.45) is 0.585. The number of aromatic nitrogens is 2. The van der Waals surface area contributed by atoms with Gasteiger partial charge in [0.05, 0.1) is 11.7 Å². The standard InChI is InChI=1S/C19H20N4O3S2/c1-14-5-2-6-15(13-14)19(24)22-9-4-10-23(12-11-22)28(25,26)17-8-3-7-16-18(17)21-27-20-16/h2-3,5-8,13H,4,9-12H2,1H3. The van der Waals surface area contributed by atoms with Crippen molar-refractivity contribution < 1.29 is 13.2 Å². The third-order valence-corrected chi connectivity index (χ3v) is 7.35. The Kier molecular flexibility index (Phi) is 5.13. The Hall–Kier alpha value is -2.36. The molecule has 2 heterocycles. The van der Waals surface area contributed by atoms with E-state index in [9.17, 15) is 13.2 Å². The van der Waals surface area contributed by atoms with Crippen molar-refractivity contribution in [2.75, 3.05) is 26.2 Å². The maximum Gasteiger partial charge on any atom is 0.253 e. The molecule has 1 fully saturated rings. The minimum atomic E-state index is -3.70. The minimum absolute atomic E-state index is 0.0613. The van der Waals surface area contributed by atoms with Gasteiger partial charge in [0, 0.05) is 31.7 Å². The molecule has 1 saturated heterocycles. The van der Waals surface area contributed by atoms with Crippen molar-refractivity contribution in [2.45, 2.75) is 18.2 Å². The molecule has 0 radical (unpaired) electrons. The first kappa shape index (κ1) is 19.0. The van der Waals surface area contributed by atoms with E-state index in [2.05, 4.69) is 8.75 Å². The van der Waals surface area contributed by atoms with Crippen LogP contribution in [0.5, 0.6) is 0 Å². The molecule has 146 valence electrons. The van der Waals surface area contributed by atoms with Crippen molar-refractivity contribution in [1.82, 2.24) is 18.0 Å². The van der Waals surface area contributed by atoms with Crippen LogP contribution >= 0.6 is 11.7 Å². The highest BCUT2D eigenvalue weighted by Crippen LogP contribution is 2.25. The summed E-state index contributed by atoms with van der Waals surface area (Å²) < 4.78 is 36.1. The van der Waals surface area contributed by atoms with E-state index in [0.717, 1.165) is 17.3 Å².